The van der Waals surface area contributed by atoms with Gasteiger partial charge in [0.25, 0.3) is 0 Å². The van der Waals surface area contributed by atoms with Gasteiger partial charge >= 0.3 is 5.97 Å². The molecule has 0 aromatic carbocycles. The summed E-state index contributed by atoms with van der Waals surface area (Å²) in [7, 11) is 0. The standard InChI is InChI=1S/C11H11BrN2O2S/c1-11(2,3)10-13-4-5-6(12)7(9(15)16)17-8(5)14-10/h4H,1-3H3,(H,15,16). The number of aromatic nitrogens is 2. The van der Waals surface area contributed by atoms with Crippen molar-refractivity contribution in [3.8, 4) is 0 Å². The van der Waals surface area contributed by atoms with Gasteiger partial charge in [0, 0.05) is 17.0 Å². The second-order valence-corrected chi connectivity index (χ2v) is 6.50. The molecule has 0 unspecified atom stereocenters. The van der Waals surface area contributed by atoms with Crippen LogP contribution < -0.4 is 0 Å². The van der Waals surface area contributed by atoms with Gasteiger partial charge in [0.05, 0.1) is 4.47 Å². The predicted molar refractivity (Wildman–Crippen MR) is 70.8 cm³/mol. The monoisotopic (exact) mass is 314 g/mol. The zero-order chi connectivity index (χ0) is 12.8. The van der Waals surface area contributed by atoms with Crippen LogP contribution in [0.3, 0.4) is 0 Å². The highest BCUT2D eigenvalue weighted by atomic mass is 79.9. The van der Waals surface area contributed by atoms with E-state index in [4.69, 9.17) is 5.11 Å². The van der Waals surface area contributed by atoms with Crippen LogP contribution in [-0.4, -0.2) is 21.0 Å². The lowest BCUT2D eigenvalue weighted by atomic mass is 9.96. The number of hydrogen-bond donors (Lipinski definition) is 1. The van der Waals surface area contributed by atoms with E-state index >= 15 is 0 Å². The van der Waals surface area contributed by atoms with Crippen molar-refractivity contribution >= 4 is 43.5 Å². The molecule has 17 heavy (non-hydrogen) atoms. The number of nitrogens with zero attached hydrogens (tertiary/aromatic N) is 2. The van der Waals surface area contributed by atoms with Gasteiger partial charge in [-0.3, -0.25) is 0 Å². The van der Waals surface area contributed by atoms with Gasteiger partial charge in [0.15, 0.2) is 0 Å². The number of rotatable bonds is 1. The third kappa shape index (κ3) is 2.19. The van der Waals surface area contributed by atoms with Gasteiger partial charge in [-0.2, -0.15) is 0 Å². The maximum Gasteiger partial charge on any atom is 0.347 e. The van der Waals surface area contributed by atoms with E-state index in [1.807, 2.05) is 20.8 Å². The van der Waals surface area contributed by atoms with Crippen molar-refractivity contribution in [2.45, 2.75) is 26.2 Å². The molecule has 0 aliphatic heterocycles. The normalized spacial score (nSPS) is 12.0. The van der Waals surface area contributed by atoms with Crippen LogP contribution >= 0.6 is 27.3 Å². The number of carbonyl (C=O) groups is 1. The third-order valence-corrected chi connectivity index (χ3v) is 4.43. The molecule has 0 aliphatic carbocycles. The molecule has 4 nitrogen and oxygen atoms in total. The zero-order valence-electron chi connectivity index (χ0n) is 9.61. The molecule has 0 saturated carbocycles. The number of thiophene rings is 1. The van der Waals surface area contributed by atoms with Gasteiger partial charge in [0.2, 0.25) is 0 Å². The minimum Gasteiger partial charge on any atom is -0.477 e. The van der Waals surface area contributed by atoms with Crippen LogP contribution in [0.4, 0.5) is 0 Å². The molecule has 0 aliphatic rings. The first-order chi connectivity index (χ1) is 7.80. The summed E-state index contributed by atoms with van der Waals surface area (Å²) in [5, 5.41) is 9.78. The molecular formula is C11H11BrN2O2S. The van der Waals surface area contributed by atoms with E-state index < -0.39 is 5.97 Å². The van der Waals surface area contributed by atoms with Gasteiger partial charge < -0.3 is 5.11 Å². The topological polar surface area (TPSA) is 63.1 Å². The number of carboxylic acid groups (broad SMARTS) is 1. The Labute approximate surface area is 111 Å². The lowest BCUT2D eigenvalue weighted by Crippen LogP contribution is -2.15. The Bertz CT molecular complexity index is 601. The molecule has 0 radical (unpaired) electrons. The molecule has 0 spiro atoms. The Morgan fingerprint density at radius 3 is 2.65 bits per heavy atom. The summed E-state index contributed by atoms with van der Waals surface area (Å²) in [6.07, 6.45) is 1.68. The Morgan fingerprint density at radius 2 is 2.12 bits per heavy atom. The van der Waals surface area contributed by atoms with Crippen molar-refractivity contribution in [3.63, 3.8) is 0 Å². The highest BCUT2D eigenvalue weighted by Crippen LogP contribution is 2.35. The summed E-state index contributed by atoms with van der Waals surface area (Å²) in [5.41, 5.74) is -0.145. The molecule has 2 heterocycles. The number of halogens is 1. The third-order valence-electron chi connectivity index (χ3n) is 2.25. The van der Waals surface area contributed by atoms with Crippen molar-refractivity contribution in [1.82, 2.24) is 9.97 Å². The second kappa shape index (κ2) is 4.03. The largest absolute Gasteiger partial charge is 0.477 e. The van der Waals surface area contributed by atoms with Gasteiger partial charge in [-0.25, -0.2) is 14.8 Å². The first kappa shape index (κ1) is 12.4. The summed E-state index contributed by atoms with van der Waals surface area (Å²) < 4.78 is 0.561. The molecule has 0 bridgehead atoms. The second-order valence-electron chi connectivity index (χ2n) is 4.71. The fourth-order valence-corrected chi connectivity index (χ4v) is 3.07. The fourth-order valence-electron chi connectivity index (χ4n) is 1.36. The minimum atomic E-state index is -0.947. The number of aromatic carboxylic acids is 1. The van der Waals surface area contributed by atoms with Crippen molar-refractivity contribution in [2.75, 3.05) is 0 Å². The number of carboxylic acids is 1. The first-order valence-corrected chi connectivity index (χ1v) is 6.60. The molecule has 6 heteroatoms. The lowest BCUT2D eigenvalue weighted by Gasteiger charge is -2.15. The summed E-state index contributed by atoms with van der Waals surface area (Å²) in [5.74, 6) is -0.229. The Kier molecular flexibility index (Phi) is 2.95. The highest BCUT2D eigenvalue weighted by molar-refractivity contribution is 9.10. The van der Waals surface area contributed by atoms with Gasteiger partial charge in [-0.05, 0) is 15.9 Å². The molecule has 2 aromatic heterocycles. The molecule has 1 N–H and O–H groups in total. The highest BCUT2D eigenvalue weighted by Gasteiger charge is 2.21. The van der Waals surface area contributed by atoms with Gasteiger partial charge in [-0.15, -0.1) is 11.3 Å². The van der Waals surface area contributed by atoms with Crippen molar-refractivity contribution in [2.24, 2.45) is 0 Å². The van der Waals surface area contributed by atoms with E-state index in [2.05, 4.69) is 25.9 Å². The van der Waals surface area contributed by atoms with E-state index in [0.29, 0.717) is 9.30 Å². The maximum atomic E-state index is 11.0. The molecule has 2 aromatic rings. The van der Waals surface area contributed by atoms with Crippen LogP contribution in [0.1, 0.15) is 36.3 Å². The van der Waals surface area contributed by atoms with Crippen LogP contribution in [0, 0.1) is 0 Å². The smallest absolute Gasteiger partial charge is 0.347 e. The van der Waals surface area contributed by atoms with Crippen LogP contribution in [0.2, 0.25) is 0 Å². The zero-order valence-corrected chi connectivity index (χ0v) is 12.0. The molecule has 0 saturated heterocycles. The van der Waals surface area contributed by atoms with Crippen LogP contribution in [-0.2, 0) is 5.41 Å². The summed E-state index contributed by atoms with van der Waals surface area (Å²) in [4.78, 5) is 20.7. The summed E-state index contributed by atoms with van der Waals surface area (Å²) in [6, 6.07) is 0. The predicted octanol–water partition coefficient (Wildman–Crippen LogP) is 3.45. The Hall–Kier alpha value is -1.01. The van der Waals surface area contributed by atoms with E-state index in [1.54, 1.807) is 6.20 Å². The Balaban J connectivity index is 2.68. The first-order valence-electron chi connectivity index (χ1n) is 4.99. The SMILES string of the molecule is CC(C)(C)c1ncc2c(Br)c(C(=O)O)sc2n1. The van der Waals surface area contributed by atoms with Crippen LogP contribution in [0.5, 0.6) is 0 Å². The van der Waals surface area contributed by atoms with Crippen molar-refractivity contribution in [3.05, 3.63) is 21.4 Å². The molecule has 2 rings (SSSR count). The fraction of sp³-hybridized carbons (Fsp3) is 0.364. The van der Waals surface area contributed by atoms with E-state index in [1.165, 1.54) is 0 Å². The maximum absolute atomic E-state index is 11.0. The average molecular weight is 315 g/mol. The van der Waals surface area contributed by atoms with Gasteiger partial charge in [0.1, 0.15) is 15.5 Å². The van der Waals surface area contributed by atoms with Crippen molar-refractivity contribution < 1.29 is 9.90 Å². The van der Waals surface area contributed by atoms with E-state index in [0.717, 1.165) is 22.5 Å². The van der Waals surface area contributed by atoms with Crippen molar-refractivity contribution in [1.29, 1.82) is 0 Å². The van der Waals surface area contributed by atoms with Crippen LogP contribution in [0.15, 0.2) is 10.7 Å². The Morgan fingerprint density at radius 1 is 1.47 bits per heavy atom. The number of fused-ring (bicyclic) bond motifs is 1. The van der Waals surface area contributed by atoms with Crippen LogP contribution in [0.25, 0.3) is 10.2 Å². The number of hydrogen-bond acceptors (Lipinski definition) is 4. The molecule has 90 valence electrons. The quantitative estimate of drug-likeness (QED) is 0.875. The molecule has 0 atom stereocenters. The molecule has 0 amide bonds. The summed E-state index contributed by atoms with van der Waals surface area (Å²) in [6.45, 7) is 6.07. The van der Waals surface area contributed by atoms with Gasteiger partial charge in [-0.1, -0.05) is 20.8 Å². The van der Waals surface area contributed by atoms with E-state index in [-0.39, 0.29) is 10.3 Å². The molecular weight excluding hydrogens is 304 g/mol. The van der Waals surface area contributed by atoms with E-state index in [9.17, 15) is 4.79 Å². The lowest BCUT2D eigenvalue weighted by molar-refractivity contribution is 0.0701. The molecule has 0 fully saturated rings. The minimum absolute atomic E-state index is 0.145. The average Bonchev–Trinajstić information content (AvgIpc) is 2.54. The summed E-state index contributed by atoms with van der Waals surface area (Å²) >= 11 is 4.44.